The Bertz CT molecular complexity index is 973. The first-order valence-electron chi connectivity index (χ1n) is 7.84. The highest BCUT2D eigenvalue weighted by molar-refractivity contribution is 7.94. The molecule has 0 saturated heterocycles. The lowest BCUT2D eigenvalue weighted by molar-refractivity contribution is 0.0606. The molecule has 1 unspecified atom stereocenters. The van der Waals surface area contributed by atoms with Crippen molar-refractivity contribution in [3.05, 3.63) is 29.1 Å². The van der Waals surface area contributed by atoms with E-state index in [0.29, 0.717) is 10.3 Å². The van der Waals surface area contributed by atoms with Gasteiger partial charge in [0.25, 0.3) is 0 Å². The Balaban J connectivity index is 2.06. The number of hydrogen-bond acceptors (Lipinski definition) is 5. The summed E-state index contributed by atoms with van der Waals surface area (Å²) in [4.78, 5) is 23.9. The normalized spacial score (nSPS) is 17.1. The molecule has 1 aliphatic carbocycles. The standard InChI is InChI=1S/C17H19NO5S2/c1-17(2,3)23-16(21)18-25(22,11-4-5-11)12-6-7-13-10(8-12)9-14(24-13)15(19)20/h6-9,11H,4-5H2,1-3H3,(H,19,20). The van der Waals surface area contributed by atoms with E-state index in [-0.39, 0.29) is 10.1 Å². The summed E-state index contributed by atoms with van der Waals surface area (Å²) >= 11 is 1.16. The number of carboxylic acid groups (broad SMARTS) is 1. The van der Waals surface area contributed by atoms with Crippen molar-refractivity contribution in [2.75, 3.05) is 0 Å². The number of carbonyl (C=O) groups is 2. The third-order valence-corrected chi connectivity index (χ3v) is 7.44. The van der Waals surface area contributed by atoms with Gasteiger partial charge < -0.3 is 9.84 Å². The van der Waals surface area contributed by atoms with E-state index in [1.54, 1.807) is 45.0 Å². The monoisotopic (exact) mass is 381 g/mol. The molecule has 1 fully saturated rings. The molecule has 25 heavy (non-hydrogen) atoms. The van der Waals surface area contributed by atoms with Gasteiger partial charge in [-0.05, 0) is 63.3 Å². The fourth-order valence-corrected chi connectivity index (χ4v) is 5.52. The third kappa shape index (κ3) is 3.85. The zero-order chi connectivity index (χ0) is 18.4. The van der Waals surface area contributed by atoms with E-state index in [1.165, 1.54) is 0 Å². The number of hydrogen-bond donors (Lipinski definition) is 1. The molecule has 0 bridgehead atoms. The molecule has 0 aliphatic heterocycles. The molecule has 1 amide bonds. The second-order valence-corrected chi connectivity index (χ2v) is 10.5. The van der Waals surface area contributed by atoms with Gasteiger partial charge in [0.1, 0.15) is 10.5 Å². The van der Waals surface area contributed by atoms with Crippen LogP contribution < -0.4 is 0 Å². The van der Waals surface area contributed by atoms with Crippen LogP contribution in [0.5, 0.6) is 0 Å². The van der Waals surface area contributed by atoms with Crippen LogP contribution >= 0.6 is 11.3 Å². The van der Waals surface area contributed by atoms with E-state index in [1.807, 2.05) is 0 Å². The summed E-state index contributed by atoms with van der Waals surface area (Å²) in [6, 6.07) is 6.62. The van der Waals surface area contributed by atoms with Crippen molar-refractivity contribution in [3.8, 4) is 0 Å². The Labute approximate surface area is 150 Å². The second-order valence-electron chi connectivity index (χ2n) is 6.96. The number of amides is 1. The smallest absolute Gasteiger partial charge is 0.442 e. The number of nitrogens with zero attached hydrogens (tertiary/aromatic N) is 1. The molecule has 1 aromatic heterocycles. The van der Waals surface area contributed by atoms with Gasteiger partial charge in [0.05, 0.1) is 9.73 Å². The van der Waals surface area contributed by atoms with Crippen LogP contribution in [0.1, 0.15) is 43.3 Å². The number of aromatic carboxylic acids is 1. The predicted octanol–water partition coefficient (Wildman–Crippen LogP) is 4.52. The maximum absolute atomic E-state index is 13.4. The van der Waals surface area contributed by atoms with Crippen molar-refractivity contribution in [3.63, 3.8) is 0 Å². The van der Waals surface area contributed by atoms with Crippen molar-refractivity contribution in [1.29, 1.82) is 0 Å². The number of fused-ring (bicyclic) bond motifs is 1. The molecule has 3 rings (SSSR count). The van der Waals surface area contributed by atoms with Gasteiger partial charge in [-0.1, -0.05) is 0 Å². The van der Waals surface area contributed by atoms with Crippen LogP contribution in [-0.4, -0.2) is 32.2 Å². The molecule has 1 aromatic carbocycles. The minimum absolute atomic E-state index is 0.171. The molecule has 0 radical (unpaired) electrons. The fraction of sp³-hybridized carbons (Fsp3) is 0.412. The van der Waals surface area contributed by atoms with Crippen molar-refractivity contribution >= 4 is 43.2 Å². The van der Waals surface area contributed by atoms with Crippen molar-refractivity contribution in [2.24, 2.45) is 4.36 Å². The van der Waals surface area contributed by atoms with Crippen molar-refractivity contribution < 1.29 is 23.6 Å². The topological polar surface area (TPSA) is 93.0 Å². The third-order valence-electron chi connectivity index (χ3n) is 3.62. The van der Waals surface area contributed by atoms with Crippen LogP contribution in [0.4, 0.5) is 4.79 Å². The summed E-state index contributed by atoms with van der Waals surface area (Å²) in [6.07, 6.45) is 0.654. The molecular weight excluding hydrogens is 362 g/mol. The van der Waals surface area contributed by atoms with Crippen molar-refractivity contribution in [1.82, 2.24) is 0 Å². The molecule has 1 heterocycles. The van der Waals surface area contributed by atoms with Gasteiger partial charge in [0.2, 0.25) is 0 Å². The zero-order valence-electron chi connectivity index (χ0n) is 14.1. The quantitative estimate of drug-likeness (QED) is 0.843. The van der Waals surface area contributed by atoms with Crippen LogP contribution in [0.25, 0.3) is 10.1 Å². The molecule has 0 spiro atoms. The first-order valence-corrected chi connectivity index (χ1v) is 10.2. The van der Waals surface area contributed by atoms with Gasteiger partial charge in [-0.3, -0.25) is 0 Å². The Hall–Kier alpha value is -1.93. The molecule has 8 heteroatoms. The lowest BCUT2D eigenvalue weighted by atomic mass is 10.2. The highest BCUT2D eigenvalue weighted by Crippen LogP contribution is 2.38. The van der Waals surface area contributed by atoms with E-state index >= 15 is 0 Å². The summed E-state index contributed by atoms with van der Waals surface area (Å²) < 4.78 is 23.4. The van der Waals surface area contributed by atoms with Gasteiger partial charge in [-0.2, -0.15) is 0 Å². The van der Waals surface area contributed by atoms with Gasteiger partial charge in [0.15, 0.2) is 0 Å². The largest absolute Gasteiger partial charge is 0.477 e. The average Bonchev–Trinajstić information content (AvgIpc) is 3.24. The highest BCUT2D eigenvalue weighted by Gasteiger charge is 2.37. The van der Waals surface area contributed by atoms with E-state index < -0.39 is 27.4 Å². The van der Waals surface area contributed by atoms with E-state index in [2.05, 4.69) is 4.36 Å². The molecular formula is C17H19NO5S2. The zero-order valence-corrected chi connectivity index (χ0v) is 15.8. The van der Waals surface area contributed by atoms with Crippen LogP contribution in [0, 0.1) is 0 Å². The number of thiophene rings is 1. The maximum Gasteiger partial charge on any atom is 0.442 e. The van der Waals surface area contributed by atoms with E-state index in [9.17, 15) is 13.8 Å². The molecule has 2 aromatic rings. The number of ether oxygens (including phenoxy) is 1. The maximum atomic E-state index is 13.4. The Morgan fingerprint density at radius 2 is 1.96 bits per heavy atom. The van der Waals surface area contributed by atoms with Gasteiger partial charge in [-0.25, -0.2) is 13.8 Å². The summed E-state index contributed by atoms with van der Waals surface area (Å²) in [5, 5.41) is 9.63. The Kier molecular flexibility index (Phi) is 4.36. The predicted molar refractivity (Wildman–Crippen MR) is 96.9 cm³/mol. The number of carboxylic acids is 1. The fourth-order valence-electron chi connectivity index (χ4n) is 2.41. The van der Waals surface area contributed by atoms with Gasteiger partial charge in [-0.15, -0.1) is 15.7 Å². The lowest BCUT2D eigenvalue weighted by Gasteiger charge is -2.18. The number of rotatable bonds is 3. The average molecular weight is 381 g/mol. The molecule has 1 N–H and O–H groups in total. The molecule has 1 saturated carbocycles. The lowest BCUT2D eigenvalue weighted by Crippen LogP contribution is -2.23. The molecule has 1 aliphatic rings. The number of benzene rings is 1. The van der Waals surface area contributed by atoms with Crippen molar-refractivity contribution in [2.45, 2.75) is 49.4 Å². The van der Waals surface area contributed by atoms with E-state index in [0.717, 1.165) is 28.9 Å². The van der Waals surface area contributed by atoms with Gasteiger partial charge >= 0.3 is 12.1 Å². The van der Waals surface area contributed by atoms with Crippen LogP contribution in [0.15, 0.2) is 33.5 Å². The minimum atomic E-state index is -2.94. The molecule has 6 nitrogen and oxygen atoms in total. The Morgan fingerprint density at radius 3 is 2.52 bits per heavy atom. The minimum Gasteiger partial charge on any atom is -0.477 e. The summed E-state index contributed by atoms with van der Waals surface area (Å²) in [5.74, 6) is -0.996. The first-order chi connectivity index (χ1) is 11.6. The van der Waals surface area contributed by atoms with Crippen LogP contribution in [0.2, 0.25) is 0 Å². The number of carbonyl (C=O) groups excluding carboxylic acids is 1. The summed E-state index contributed by atoms with van der Waals surface area (Å²) in [5.41, 5.74) is -0.710. The molecule has 134 valence electrons. The highest BCUT2D eigenvalue weighted by atomic mass is 32.2. The second kappa shape index (κ2) is 6.10. The van der Waals surface area contributed by atoms with E-state index in [4.69, 9.17) is 9.84 Å². The van der Waals surface area contributed by atoms with Gasteiger partial charge in [0, 0.05) is 14.8 Å². The summed E-state index contributed by atoms with van der Waals surface area (Å²) in [6.45, 7) is 5.18. The molecule has 1 atom stereocenters. The SMILES string of the molecule is CC(C)(C)OC(=O)N=S(=O)(c1ccc2sc(C(=O)O)cc2c1)C1CC1. The van der Waals surface area contributed by atoms with Crippen LogP contribution in [0.3, 0.4) is 0 Å². The first kappa shape index (κ1) is 17.9. The summed E-state index contributed by atoms with van der Waals surface area (Å²) in [7, 11) is -2.94. The van der Waals surface area contributed by atoms with Crippen LogP contribution in [-0.2, 0) is 14.5 Å². The Morgan fingerprint density at radius 1 is 1.28 bits per heavy atom.